The second-order valence-corrected chi connectivity index (χ2v) is 12.1. The highest BCUT2D eigenvalue weighted by Gasteiger charge is 2.22. The summed E-state index contributed by atoms with van der Waals surface area (Å²) in [7, 11) is 0. The van der Waals surface area contributed by atoms with Crippen LogP contribution >= 0.6 is 0 Å². The molecular weight excluding hydrogens is 428 g/mol. The van der Waals surface area contributed by atoms with Crippen LogP contribution in [-0.2, 0) is 20.4 Å². The zero-order valence-corrected chi connectivity index (χ0v) is 23.2. The molecule has 3 aromatic carbocycles. The Kier molecular flexibility index (Phi) is 9.02. The number of rotatable bonds is 11. The summed E-state index contributed by atoms with van der Waals surface area (Å²) in [6, 6.07) is 18.3. The molecule has 2 nitrogen and oxygen atoms in total. The van der Waals surface area contributed by atoms with Crippen molar-refractivity contribution >= 4 is 27.5 Å². The second-order valence-electron chi connectivity index (χ2n) is 12.1. The van der Waals surface area contributed by atoms with Crippen molar-refractivity contribution in [3.8, 4) is 0 Å². The lowest BCUT2D eigenvalue weighted by atomic mass is 9.79. The molecule has 0 aromatic heterocycles. The molecule has 0 spiro atoms. The third-order valence-corrected chi connectivity index (χ3v) is 7.65. The van der Waals surface area contributed by atoms with Crippen LogP contribution in [0, 0.1) is 5.92 Å². The molecule has 0 amide bonds. The number of carbonyl (C=O) groups is 1. The van der Waals surface area contributed by atoms with Crippen molar-refractivity contribution in [2.75, 3.05) is 6.61 Å². The average Bonchev–Trinajstić information content (AvgIpc) is 2.81. The van der Waals surface area contributed by atoms with Gasteiger partial charge in [0.15, 0.2) is 0 Å². The van der Waals surface area contributed by atoms with Crippen LogP contribution in [0.15, 0.2) is 48.5 Å². The Labute approximate surface area is 213 Å². The topological polar surface area (TPSA) is 26.3 Å². The molecule has 0 aliphatic rings. The normalized spacial score (nSPS) is 13.3. The number of fused-ring (bicyclic) bond motifs is 2. The monoisotopic (exact) mass is 474 g/mol. The Morgan fingerprint density at radius 3 is 2.00 bits per heavy atom. The van der Waals surface area contributed by atoms with E-state index in [1.54, 1.807) is 0 Å². The van der Waals surface area contributed by atoms with Gasteiger partial charge < -0.3 is 4.74 Å². The quantitative estimate of drug-likeness (QED) is 0.204. The van der Waals surface area contributed by atoms with Crippen molar-refractivity contribution in [3.05, 3.63) is 59.7 Å². The minimum Gasteiger partial charge on any atom is -0.465 e. The zero-order valence-electron chi connectivity index (χ0n) is 23.2. The summed E-state index contributed by atoms with van der Waals surface area (Å²) in [4.78, 5) is 12.3. The molecule has 0 bridgehead atoms. The Morgan fingerprint density at radius 2 is 1.40 bits per heavy atom. The molecule has 0 aliphatic carbocycles. The van der Waals surface area contributed by atoms with E-state index in [2.05, 4.69) is 97.0 Å². The van der Waals surface area contributed by atoms with Crippen LogP contribution in [0.4, 0.5) is 0 Å². The standard InChI is InChI=1S/C33H46O2/c1-8-10-12-24(9-2)23-35-31(34)13-11-18-33(6,7)30-17-15-26-19-25-14-16-29(32(3,4)5)21-27(25)20-28(26)22-30/h14-17,19-22,24H,8-13,18,23H2,1-7H3. The average molecular weight is 475 g/mol. The summed E-state index contributed by atoms with van der Waals surface area (Å²) in [6.45, 7) is 16.3. The SMILES string of the molecule is CCCCC(CC)COC(=O)CCCC(C)(C)c1ccc2cc3ccc(C(C)(C)C)cc3cc2c1. The largest absolute Gasteiger partial charge is 0.465 e. The number of esters is 1. The number of hydrogen-bond acceptors (Lipinski definition) is 2. The van der Waals surface area contributed by atoms with Gasteiger partial charge in [0.05, 0.1) is 6.61 Å². The Morgan fingerprint density at radius 1 is 0.800 bits per heavy atom. The van der Waals surface area contributed by atoms with Crippen LogP contribution in [0.3, 0.4) is 0 Å². The lowest BCUT2D eigenvalue weighted by molar-refractivity contribution is -0.145. The maximum atomic E-state index is 12.3. The highest BCUT2D eigenvalue weighted by atomic mass is 16.5. The second kappa shape index (κ2) is 11.6. The summed E-state index contributed by atoms with van der Waals surface area (Å²) in [5, 5.41) is 5.15. The fourth-order valence-corrected chi connectivity index (χ4v) is 4.89. The van der Waals surface area contributed by atoms with E-state index in [9.17, 15) is 4.79 Å². The van der Waals surface area contributed by atoms with Crippen molar-refractivity contribution < 1.29 is 9.53 Å². The molecule has 2 heteroatoms. The van der Waals surface area contributed by atoms with Gasteiger partial charge in [-0.05, 0) is 80.8 Å². The molecule has 0 aliphatic heterocycles. The van der Waals surface area contributed by atoms with Gasteiger partial charge in [-0.2, -0.15) is 0 Å². The van der Waals surface area contributed by atoms with Gasteiger partial charge in [-0.1, -0.05) is 104 Å². The maximum Gasteiger partial charge on any atom is 0.305 e. The zero-order chi connectivity index (χ0) is 25.6. The van der Waals surface area contributed by atoms with E-state index in [0.29, 0.717) is 18.9 Å². The summed E-state index contributed by atoms with van der Waals surface area (Å²) in [6.07, 6.45) is 6.95. The van der Waals surface area contributed by atoms with E-state index in [1.807, 2.05) is 0 Å². The molecule has 0 saturated heterocycles. The highest BCUT2D eigenvalue weighted by molar-refractivity contribution is 5.98. The molecule has 1 unspecified atom stereocenters. The first-order chi connectivity index (χ1) is 16.5. The predicted molar refractivity (Wildman–Crippen MR) is 151 cm³/mol. The number of hydrogen-bond donors (Lipinski definition) is 0. The molecule has 3 aromatic rings. The molecule has 0 fully saturated rings. The minimum atomic E-state index is -0.0459. The van der Waals surface area contributed by atoms with E-state index in [1.165, 1.54) is 45.5 Å². The van der Waals surface area contributed by atoms with Crippen molar-refractivity contribution in [2.45, 2.75) is 104 Å². The van der Waals surface area contributed by atoms with Crippen molar-refractivity contribution in [3.63, 3.8) is 0 Å². The first kappa shape index (κ1) is 27.2. The van der Waals surface area contributed by atoms with E-state index >= 15 is 0 Å². The van der Waals surface area contributed by atoms with Crippen molar-refractivity contribution in [2.24, 2.45) is 5.92 Å². The maximum absolute atomic E-state index is 12.3. The van der Waals surface area contributed by atoms with Gasteiger partial charge in [0.25, 0.3) is 0 Å². The van der Waals surface area contributed by atoms with Crippen LogP contribution < -0.4 is 0 Å². The number of ether oxygens (including phenoxy) is 1. The molecule has 35 heavy (non-hydrogen) atoms. The van der Waals surface area contributed by atoms with E-state index in [0.717, 1.165) is 25.7 Å². The Hall–Kier alpha value is -2.35. The number of carbonyl (C=O) groups excluding carboxylic acids is 1. The smallest absolute Gasteiger partial charge is 0.305 e. The molecule has 1 atom stereocenters. The predicted octanol–water partition coefficient (Wildman–Crippen LogP) is 9.50. The van der Waals surface area contributed by atoms with Gasteiger partial charge in [0, 0.05) is 6.42 Å². The summed E-state index contributed by atoms with van der Waals surface area (Å²) in [5.41, 5.74) is 2.84. The molecule has 0 saturated carbocycles. The molecule has 0 radical (unpaired) electrons. The van der Waals surface area contributed by atoms with Crippen LogP contribution in [0.1, 0.15) is 105 Å². The molecular formula is C33H46O2. The van der Waals surface area contributed by atoms with Crippen LogP contribution in [-0.4, -0.2) is 12.6 Å². The van der Waals surface area contributed by atoms with Crippen LogP contribution in [0.2, 0.25) is 0 Å². The van der Waals surface area contributed by atoms with E-state index in [-0.39, 0.29) is 16.8 Å². The van der Waals surface area contributed by atoms with Gasteiger partial charge in [-0.15, -0.1) is 0 Å². The van der Waals surface area contributed by atoms with Gasteiger partial charge in [-0.25, -0.2) is 0 Å². The lowest BCUT2D eigenvalue weighted by Crippen LogP contribution is -2.18. The van der Waals surface area contributed by atoms with Crippen molar-refractivity contribution in [1.29, 1.82) is 0 Å². The molecule has 0 heterocycles. The Balaban J connectivity index is 1.65. The fraction of sp³-hybridized carbons (Fsp3) is 0.545. The summed E-state index contributed by atoms with van der Waals surface area (Å²) in [5.74, 6) is 0.457. The molecule has 3 rings (SSSR count). The van der Waals surface area contributed by atoms with Gasteiger partial charge in [0.1, 0.15) is 0 Å². The van der Waals surface area contributed by atoms with Gasteiger partial charge in [-0.3, -0.25) is 4.79 Å². The van der Waals surface area contributed by atoms with Gasteiger partial charge >= 0.3 is 5.97 Å². The van der Waals surface area contributed by atoms with Crippen LogP contribution in [0.5, 0.6) is 0 Å². The van der Waals surface area contributed by atoms with Crippen LogP contribution in [0.25, 0.3) is 21.5 Å². The van der Waals surface area contributed by atoms with Crippen molar-refractivity contribution in [1.82, 2.24) is 0 Å². The summed E-state index contributed by atoms with van der Waals surface area (Å²) < 4.78 is 5.61. The molecule has 0 N–H and O–H groups in total. The lowest BCUT2D eigenvalue weighted by Gasteiger charge is -2.26. The van der Waals surface area contributed by atoms with E-state index in [4.69, 9.17) is 4.74 Å². The third-order valence-electron chi connectivity index (χ3n) is 7.65. The highest BCUT2D eigenvalue weighted by Crippen LogP contribution is 2.34. The third kappa shape index (κ3) is 7.32. The number of benzene rings is 3. The Bertz CT molecular complexity index is 1130. The number of unbranched alkanes of at least 4 members (excludes halogenated alkanes) is 1. The summed E-state index contributed by atoms with van der Waals surface area (Å²) >= 11 is 0. The first-order valence-corrected chi connectivity index (χ1v) is 13.7. The molecule has 190 valence electrons. The fourth-order valence-electron chi connectivity index (χ4n) is 4.89. The van der Waals surface area contributed by atoms with Gasteiger partial charge in [0.2, 0.25) is 0 Å². The van der Waals surface area contributed by atoms with E-state index < -0.39 is 0 Å². The first-order valence-electron chi connectivity index (χ1n) is 13.7. The minimum absolute atomic E-state index is 0.00373.